The Morgan fingerprint density at radius 2 is 0.980 bits per heavy atom. The van der Waals surface area contributed by atoms with E-state index in [0.717, 1.165) is 38.2 Å². The number of benzene rings is 5. The van der Waals surface area contributed by atoms with Crippen molar-refractivity contribution in [1.29, 1.82) is 0 Å². The van der Waals surface area contributed by atoms with Gasteiger partial charge in [0, 0.05) is 45.8 Å². The minimum atomic E-state index is -0.395. The van der Waals surface area contributed by atoms with Gasteiger partial charge in [-0.05, 0) is 50.4 Å². The van der Waals surface area contributed by atoms with Crippen molar-refractivity contribution in [2.24, 2.45) is 5.73 Å². The number of hydrogen-bond donors (Lipinski definition) is 2. The Morgan fingerprint density at radius 1 is 0.529 bits per heavy atom. The number of nitrogens with zero attached hydrogens (tertiary/aromatic N) is 4. The van der Waals surface area contributed by atoms with Gasteiger partial charge in [0.25, 0.3) is 0 Å². The van der Waals surface area contributed by atoms with Crippen LogP contribution in [0.1, 0.15) is 16.7 Å². The number of nitrogens with two attached hydrogens (primary N) is 1. The van der Waals surface area contributed by atoms with Crippen LogP contribution in [0, 0.1) is 0 Å². The molecule has 10 heteroatoms. The monoisotopic (exact) mass is 684 g/mol. The van der Waals surface area contributed by atoms with Gasteiger partial charge in [0.1, 0.15) is 19.6 Å². The summed E-state index contributed by atoms with van der Waals surface area (Å²) in [5.74, 6) is -1.27. The Balaban J connectivity index is 1.28. The van der Waals surface area contributed by atoms with Crippen molar-refractivity contribution in [2.75, 3.05) is 52.4 Å². The lowest BCUT2D eigenvalue weighted by molar-refractivity contribution is -0.147. The van der Waals surface area contributed by atoms with E-state index in [1.807, 2.05) is 115 Å². The predicted octanol–water partition coefficient (Wildman–Crippen LogP) is 3.77. The molecule has 1 fully saturated rings. The summed E-state index contributed by atoms with van der Waals surface area (Å²) in [6.45, 7) is 2.16. The number of amides is 4. The summed E-state index contributed by atoms with van der Waals surface area (Å²) < 4.78 is 0. The van der Waals surface area contributed by atoms with Crippen molar-refractivity contribution in [3.8, 4) is 0 Å². The lowest BCUT2D eigenvalue weighted by Gasteiger charge is -2.32. The van der Waals surface area contributed by atoms with E-state index in [2.05, 4.69) is 5.32 Å². The molecule has 0 saturated carbocycles. The van der Waals surface area contributed by atoms with Crippen LogP contribution >= 0.6 is 0 Å². The fourth-order valence-corrected chi connectivity index (χ4v) is 6.45. The molecule has 1 aliphatic rings. The third-order valence-electron chi connectivity index (χ3n) is 9.27. The molecule has 0 radical (unpaired) electrons. The number of hydrogen-bond acceptors (Lipinski definition) is 6. The lowest BCUT2D eigenvalue weighted by Crippen LogP contribution is -2.52. The minimum absolute atomic E-state index is 0.116. The summed E-state index contributed by atoms with van der Waals surface area (Å²) in [5.41, 5.74) is 8.35. The van der Waals surface area contributed by atoms with Crippen LogP contribution in [0.4, 0.5) is 0 Å². The van der Waals surface area contributed by atoms with Crippen molar-refractivity contribution < 1.29 is 19.2 Å². The van der Waals surface area contributed by atoms with Crippen LogP contribution in [0.5, 0.6) is 0 Å². The summed E-state index contributed by atoms with van der Waals surface area (Å²) in [6, 6.07) is 37.3. The normalized spacial score (nSPS) is 12.8. The average molecular weight is 685 g/mol. The van der Waals surface area contributed by atoms with Crippen LogP contribution in [0.2, 0.25) is 0 Å². The average Bonchev–Trinajstić information content (AvgIpc) is 3.17. The Kier molecular flexibility index (Phi) is 11.7. The van der Waals surface area contributed by atoms with E-state index in [0.29, 0.717) is 26.2 Å². The van der Waals surface area contributed by atoms with Gasteiger partial charge in [-0.25, -0.2) is 0 Å². The zero-order valence-corrected chi connectivity index (χ0v) is 28.7. The molecule has 0 aliphatic carbocycles. The van der Waals surface area contributed by atoms with Crippen LogP contribution in [-0.2, 0) is 38.8 Å². The highest BCUT2D eigenvalue weighted by Crippen LogP contribution is 2.20. The maximum atomic E-state index is 14.4. The van der Waals surface area contributed by atoms with Crippen molar-refractivity contribution in [1.82, 2.24) is 24.9 Å². The first kappa shape index (κ1) is 35.3. The first-order chi connectivity index (χ1) is 24.9. The number of piperazine rings is 1. The Hall–Kier alpha value is -5.58. The highest BCUT2D eigenvalue weighted by Gasteiger charge is 2.28. The molecule has 5 aromatic rings. The van der Waals surface area contributed by atoms with E-state index in [9.17, 15) is 19.2 Å². The summed E-state index contributed by atoms with van der Waals surface area (Å²) in [4.78, 5) is 61.3. The predicted molar refractivity (Wildman–Crippen MR) is 199 cm³/mol. The second-order valence-corrected chi connectivity index (χ2v) is 12.9. The molecule has 0 unspecified atom stereocenters. The fraction of sp³-hybridized carbons (Fsp3) is 0.268. The molecular weight excluding hydrogens is 640 g/mol. The summed E-state index contributed by atoms with van der Waals surface area (Å²) in [6.07, 6.45) is 0. The van der Waals surface area contributed by atoms with Crippen LogP contribution in [0.15, 0.2) is 115 Å². The molecule has 0 aromatic heterocycles. The second-order valence-electron chi connectivity index (χ2n) is 12.9. The molecule has 1 saturated heterocycles. The highest BCUT2D eigenvalue weighted by atomic mass is 16.2. The van der Waals surface area contributed by atoms with Gasteiger partial charge in [-0.1, -0.05) is 103 Å². The molecule has 5 aromatic carbocycles. The smallest absolute Gasteiger partial charge is 0.242 e. The van der Waals surface area contributed by atoms with E-state index >= 15 is 0 Å². The zero-order chi connectivity index (χ0) is 35.6. The molecule has 262 valence electrons. The third-order valence-corrected chi connectivity index (χ3v) is 9.27. The summed E-state index contributed by atoms with van der Waals surface area (Å²) in [5, 5.41) is 7.45. The largest absolute Gasteiger partial charge is 0.339 e. The Morgan fingerprint density at radius 3 is 1.51 bits per heavy atom. The van der Waals surface area contributed by atoms with E-state index in [1.165, 1.54) is 9.80 Å². The van der Waals surface area contributed by atoms with Gasteiger partial charge in [-0.3, -0.25) is 19.2 Å². The first-order valence-corrected chi connectivity index (χ1v) is 17.4. The molecule has 1 aliphatic heterocycles. The Bertz CT molecular complexity index is 1990. The number of rotatable bonds is 13. The SMILES string of the molecule is NCC(=O)N(CC(=O)N(CC(=O)N(CC(=O)N1CCNCC1)Cc1ccc2ccccc2c1)Cc1ccc2ccccc2c1)Cc1ccccc1. The maximum absolute atomic E-state index is 14.4. The molecule has 0 spiro atoms. The molecule has 4 amide bonds. The van der Waals surface area contributed by atoms with Crippen molar-refractivity contribution >= 4 is 45.2 Å². The van der Waals surface area contributed by atoms with Crippen LogP contribution in [0.3, 0.4) is 0 Å². The molecule has 51 heavy (non-hydrogen) atoms. The fourth-order valence-electron chi connectivity index (χ4n) is 6.45. The number of carbonyl (C=O) groups is 4. The molecular formula is C41H44N6O4. The first-order valence-electron chi connectivity index (χ1n) is 17.4. The number of nitrogens with one attached hydrogen (secondary N) is 1. The van der Waals surface area contributed by atoms with Gasteiger partial charge in [-0.15, -0.1) is 0 Å². The maximum Gasteiger partial charge on any atom is 0.242 e. The standard InChI is InChI=1S/C41H44N6O4/c42-24-38(48)45(25-31-8-2-1-3-9-31)29-40(50)47(27-33-15-17-35-11-5-7-13-37(35)23-33)30-41(51)46(28-39(49)44-20-18-43-19-21-44)26-32-14-16-34-10-4-6-12-36(34)22-32/h1-17,22-23,43H,18-21,24-30,42H2. The molecule has 10 nitrogen and oxygen atoms in total. The molecule has 0 atom stereocenters. The molecule has 1 heterocycles. The third kappa shape index (κ3) is 9.36. The molecule has 0 bridgehead atoms. The van der Waals surface area contributed by atoms with Crippen LogP contribution in [-0.4, -0.2) is 95.6 Å². The van der Waals surface area contributed by atoms with Crippen molar-refractivity contribution in [3.05, 3.63) is 132 Å². The minimum Gasteiger partial charge on any atom is -0.339 e. The summed E-state index contributed by atoms with van der Waals surface area (Å²) in [7, 11) is 0. The van der Waals surface area contributed by atoms with E-state index in [-0.39, 0.29) is 63.5 Å². The molecule has 3 N–H and O–H groups in total. The van der Waals surface area contributed by atoms with Crippen molar-refractivity contribution in [3.63, 3.8) is 0 Å². The van der Waals surface area contributed by atoms with Crippen LogP contribution in [0.25, 0.3) is 21.5 Å². The molecule has 6 rings (SSSR count). The second kappa shape index (κ2) is 16.9. The van der Waals surface area contributed by atoms with Gasteiger partial charge in [0.05, 0.1) is 6.54 Å². The quantitative estimate of drug-likeness (QED) is 0.195. The zero-order valence-electron chi connectivity index (χ0n) is 28.7. The van der Waals surface area contributed by atoms with E-state index in [4.69, 9.17) is 5.73 Å². The van der Waals surface area contributed by atoms with Gasteiger partial charge in [0.2, 0.25) is 23.6 Å². The van der Waals surface area contributed by atoms with Gasteiger partial charge >= 0.3 is 0 Å². The summed E-state index contributed by atoms with van der Waals surface area (Å²) >= 11 is 0. The van der Waals surface area contributed by atoms with Crippen LogP contribution < -0.4 is 11.1 Å². The number of carbonyl (C=O) groups excluding carboxylic acids is 4. The van der Waals surface area contributed by atoms with E-state index < -0.39 is 5.91 Å². The topological polar surface area (TPSA) is 119 Å². The highest BCUT2D eigenvalue weighted by molar-refractivity contribution is 5.91. The lowest BCUT2D eigenvalue weighted by atomic mass is 10.1. The van der Waals surface area contributed by atoms with Gasteiger partial charge in [-0.2, -0.15) is 0 Å². The Labute approximate surface area is 298 Å². The van der Waals surface area contributed by atoms with Gasteiger partial charge in [0.15, 0.2) is 0 Å². The van der Waals surface area contributed by atoms with E-state index in [1.54, 1.807) is 9.80 Å². The van der Waals surface area contributed by atoms with Gasteiger partial charge < -0.3 is 30.7 Å². The van der Waals surface area contributed by atoms with Crippen molar-refractivity contribution in [2.45, 2.75) is 19.6 Å². The number of fused-ring (bicyclic) bond motifs is 2.